The Labute approximate surface area is 111 Å². The van der Waals surface area contributed by atoms with E-state index in [4.69, 9.17) is 5.11 Å². The van der Waals surface area contributed by atoms with Gasteiger partial charge >= 0.3 is 5.97 Å². The Hall–Kier alpha value is -0.920. The Kier molecular flexibility index (Phi) is 4.89. The molecule has 1 heterocycles. The lowest BCUT2D eigenvalue weighted by atomic mass is 10.2. The summed E-state index contributed by atoms with van der Waals surface area (Å²) in [6, 6.07) is 0. The number of carboxylic acid groups (broad SMARTS) is 1. The van der Waals surface area contributed by atoms with Gasteiger partial charge in [-0.15, -0.1) is 11.3 Å². The number of hydrogen-bond acceptors (Lipinski definition) is 4. The molecule has 1 aromatic heterocycles. The van der Waals surface area contributed by atoms with Crippen LogP contribution < -0.4 is 4.72 Å². The summed E-state index contributed by atoms with van der Waals surface area (Å²) >= 11 is 1.19. The molecule has 0 aromatic carbocycles. The van der Waals surface area contributed by atoms with Crippen LogP contribution in [0.5, 0.6) is 0 Å². The van der Waals surface area contributed by atoms with Crippen LogP contribution in [-0.2, 0) is 10.0 Å². The Balaban J connectivity index is 3.20. The smallest absolute Gasteiger partial charge is 0.338 e. The Morgan fingerprint density at radius 1 is 1.33 bits per heavy atom. The van der Waals surface area contributed by atoms with E-state index in [0.29, 0.717) is 16.3 Å². The summed E-state index contributed by atoms with van der Waals surface area (Å²) in [5, 5.41) is 9.11. The molecule has 0 amide bonds. The molecule has 1 aromatic rings. The fourth-order valence-electron chi connectivity index (χ4n) is 1.69. The summed E-state index contributed by atoms with van der Waals surface area (Å²) in [7, 11) is -3.74. The topological polar surface area (TPSA) is 83.5 Å². The molecule has 18 heavy (non-hydrogen) atoms. The molecule has 1 rings (SSSR count). The highest BCUT2D eigenvalue weighted by Crippen LogP contribution is 2.31. The second-order valence-corrected chi connectivity index (χ2v) is 7.11. The molecule has 102 valence electrons. The molecule has 0 aliphatic rings. The molecule has 7 heteroatoms. The van der Waals surface area contributed by atoms with Gasteiger partial charge in [-0.25, -0.2) is 17.9 Å². The first-order chi connectivity index (χ1) is 8.31. The van der Waals surface area contributed by atoms with E-state index < -0.39 is 16.0 Å². The summed E-state index contributed by atoms with van der Waals surface area (Å²) < 4.78 is 26.6. The predicted octanol–water partition coefficient (Wildman–Crippen LogP) is 2.14. The minimum Gasteiger partial charge on any atom is -0.478 e. The summed E-state index contributed by atoms with van der Waals surface area (Å²) in [5.41, 5.74) is -0.110. The maximum atomic E-state index is 12.1. The van der Waals surface area contributed by atoms with Crippen LogP contribution in [-0.4, -0.2) is 26.0 Å². The van der Waals surface area contributed by atoms with Crippen LogP contribution in [0.4, 0.5) is 0 Å². The molecule has 0 saturated heterocycles. The van der Waals surface area contributed by atoms with Crippen molar-refractivity contribution in [1.29, 1.82) is 0 Å². The number of thiophene rings is 1. The SMILES string of the molecule is CCCCNS(=O)(=O)c1c(C)sc(C)c1C(=O)O. The minimum absolute atomic E-state index is 0.0893. The van der Waals surface area contributed by atoms with Crippen molar-refractivity contribution in [2.45, 2.75) is 38.5 Å². The van der Waals surface area contributed by atoms with Gasteiger partial charge in [0.15, 0.2) is 0 Å². The summed E-state index contributed by atoms with van der Waals surface area (Å²) in [6.07, 6.45) is 1.60. The van der Waals surface area contributed by atoms with Gasteiger partial charge in [0.05, 0.1) is 5.56 Å². The molecule has 0 atom stereocenters. The summed E-state index contributed by atoms with van der Waals surface area (Å²) in [4.78, 5) is 12.1. The monoisotopic (exact) mass is 291 g/mol. The van der Waals surface area contributed by atoms with Crippen molar-refractivity contribution < 1.29 is 18.3 Å². The molecule has 2 N–H and O–H groups in total. The highest BCUT2D eigenvalue weighted by molar-refractivity contribution is 7.89. The third-order valence-electron chi connectivity index (χ3n) is 2.51. The van der Waals surface area contributed by atoms with Crippen molar-refractivity contribution in [3.8, 4) is 0 Å². The maximum Gasteiger partial charge on any atom is 0.338 e. The van der Waals surface area contributed by atoms with Crippen LogP contribution in [0, 0.1) is 13.8 Å². The van der Waals surface area contributed by atoms with E-state index in [9.17, 15) is 13.2 Å². The minimum atomic E-state index is -3.74. The van der Waals surface area contributed by atoms with E-state index in [0.717, 1.165) is 12.8 Å². The molecule has 5 nitrogen and oxygen atoms in total. The zero-order chi connectivity index (χ0) is 13.9. The van der Waals surface area contributed by atoms with Crippen molar-refractivity contribution in [2.24, 2.45) is 0 Å². The van der Waals surface area contributed by atoms with Crippen LogP contribution in [0.25, 0.3) is 0 Å². The van der Waals surface area contributed by atoms with Gasteiger partial charge in [0.1, 0.15) is 4.90 Å². The van der Waals surface area contributed by atoms with Crippen molar-refractivity contribution in [3.63, 3.8) is 0 Å². The second-order valence-electron chi connectivity index (χ2n) is 3.98. The van der Waals surface area contributed by atoms with Crippen molar-refractivity contribution in [3.05, 3.63) is 15.3 Å². The lowest BCUT2D eigenvalue weighted by Crippen LogP contribution is -2.26. The summed E-state index contributed by atoms with van der Waals surface area (Å²) in [6.45, 7) is 5.52. The van der Waals surface area contributed by atoms with Gasteiger partial charge in [0, 0.05) is 16.3 Å². The van der Waals surface area contributed by atoms with Crippen molar-refractivity contribution in [1.82, 2.24) is 4.72 Å². The largest absolute Gasteiger partial charge is 0.478 e. The number of unbranched alkanes of at least 4 members (excludes halogenated alkanes) is 1. The number of aromatic carboxylic acids is 1. The molecule has 0 unspecified atom stereocenters. The van der Waals surface area contributed by atoms with Crippen LogP contribution in [0.15, 0.2) is 4.90 Å². The van der Waals surface area contributed by atoms with Gasteiger partial charge in [-0.2, -0.15) is 0 Å². The number of nitrogens with one attached hydrogen (secondary N) is 1. The molecule has 0 aliphatic heterocycles. The van der Waals surface area contributed by atoms with Gasteiger partial charge in [0.25, 0.3) is 0 Å². The van der Waals surface area contributed by atoms with Crippen molar-refractivity contribution in [2.75, 3.05) is 6.54 Å². The van der Waals surface area contributed by atoms with Gasteiger partial charge in [0.2, 0.25) is 10.0 Å². The second kappa shape index (κ2) is 5.81. The Bertz CT molecular complexity index is 546. The predicted molar refractivity (Wildman–Crippen MR) is 70.8 cm³/mol. The Morgan fingerprint density at radius 2 is 1.94 bits per heavy atom. The molecule has 0 saturated carbocycles. The van der Waals surface area contributed by atoms with Gasteiger partial charge in [-0.3, -0.25) is 0 Å². The zero-order valence-corrected chi connectivity index (χ0v) is 12.2. The number of aryl methyl sites for hydroxylation is 2. The molecule has 0 bridgehead atoms. The average molecular weight is 291 g/mol. The van der Waals surface area contributed by atoms with E-state index in [1.165, 1.54) is 11.3 Å². The van der Waals surface area contributed by atoms with E-state index in [1.54, 1.807) is 13.8 Å². The molecular weight excluding hydrogens is 274 g/mol. The number of rotatable bonds is 6. The highest BCUT2D eigenvalue weighted by Gasteiger charge is 2.28. The van der Waals surface area contributed by atoms with E-state index >= 15 is 0 Å². The van der Waals surface area contributed by atoms with E-state index in [2.05, 4.69) is 4.72 Å². The Morgan fingerprint density at radius 3 is 2.44 bits per heavy atom. The highest BCUT2D eigenvalue weighted by atomic mass is 32.2. The molecule has 0 fully saturated rings. The lowest BCUT2D eigenvalue weighted by Gasteiger charge is -2.07. The summed E-state index contributed by atoms with van der Waals surface area (Å²) in [5.74, 6) is -1.20. The first-order valence-electron chi connectivity index (χ1n) is 5.64. The number of sulfonamides is 1. The zero-order valence-electron chi connectivity index (χ0n) is 10.6. The number of carbonyl (C=O) groups is 1. The van der Waals surface area contributed by atoms with Gasteiger partial charge < -0.3 is 5.11 Å². The third-order valence-corrected chi connectivity index (χ3v) is 5.29. The van der Waals surface area contributed by atoms with E-state index in [-0.39, 0.29) is 10.5 Å². The third kappa shape index (κ3) is 3.09. The fraction of sp³-hybridized carbons (Fsp3) is 0.545. The van der Waals surface area contributed by atoms with Gasteiger partial charge in [-0.05, 0) is 20.3 Å². The average Bonchev–Trinajstić information content (AvgIpc) is 2.54. The fourth-order valence-corrected chi connectivity index (χ4v) is 4.60. The van der Waals surface area contributed by atoms with Crippen LogP contribution in [0.2, 0.25) is 0 Å². The first kappa shape index (κ1) is 15.1. The van der Waals surface area contributed by atoms with Gasteiger partial charge in [-0.1, -0.05) is 13.3 Å². The normalized spacial score (nSPS) is 11.7. The maximum absolute atomic E-state index is 12.1. The van der Waals surface area contributed by atoms with Crippen molar-refractivity contribution >= 4 is 27.3 Å². The molecular formula is C11H17NO4S2. The number of hydrogen-bond donors (Lipinski definition) is 2. The quantitative estimate of drug-likeness (QED) is 0.787. The van der Waals surface area contributed by atoms with Crippen LogP contribution in [0.1, 0.15) is 39.9 Å². The van der Waals surface area contributed by atoms with Crippen LogP contribution >= 0.6 is 11.3 Å². The molecule has 0 spiro atoms. The lowest BCUT2D eigenvalue weighted by molar-refractivity contribution is 0.0692. The standard InChI is InChI=1S/C11H17NO4S2/c1-4-5-6-12-18(15,16)10-8(3)17-7(2)9(10)11(13)14/h12H,4-6H2,1-3H3,(H,13,14). The van der Waals surface area contributed by atoms with E-state index in [1.807, 2.05) is 6.92 Å². The number of carboxylic acids is 1. The first-order valence-corrected chi connectivity index (χ1v) is 7.94. The molecule has 0 radical (unpaired) electrons. The van der Waals surface area contributed by atoms with Crippen LogP contribution in [0.3, 0.4) is 0 Å². The molecule has 0 aliphatic carbocycles.